The van der Waals surface area contributed by atoms with Gasteiger partial charge in [-0.3, -0.25) is 0 Å². The van der Waals surface area contributed by atoms with Crippen LogP contribution in [-0.2, 0) is 12.1 Å². The lowest BCUT2D eigenvalue weighted by Gasteiger charge is -2.29. The number of nitrogens with zero attached hydrogens (tertiary/aromatic N) is 3. The number of hydrogen-bond donors (Lipinski definition) is 0. The van der Waals surface area contributed by atoms with Gasteiger partial charge in [0.25, 0.3) is 0 Å². The Morgan fingerprint density at radius 2 is 1.52 bits per heavy atom. The number of fused-ring (bicyclic) bond motifs is 2. The summed E-state index contributed by atoms with van der Waals surface area (Å²) in [5.41, 5.74) is 4.52. The third-order valence-electron chi connectivity index (χ3n) is 5.89. The smallest absolute Gasteiger partial charge is 0.245 e. The summed E-state index contributed by atoms with van der Waals surface area (Å²) in [5, 5.41) is 0. The van der Waals surface area contributed by atoms with E-state index in [0.29, 0.717) is 12.2 Å². The van der Waals surface area contributed by atoms with Crippen LogP contribution in [0.5, 0.6) is 0 Å². The molecule has 0 radical (unpaired) electrons. The van der Waals surface area contributed by atoms with Crippen LogP contribution in [0, 0.1) is 13.8 Å². The van der Waals surface area contributed by atoms with Crippen molar-refractivity contribution in [2.45, 2.75) is 38.8 Å². The second-order valence-corrected chi connectivity index (χ2v) is 7.55. The van der Waals surface area contributed by atoms with E-state index in [9.17, 15) is 9.59 Å². The highest BCUT2D eigenvalue weighted by Crippen LogP contribution is 2.54. The molecule has 5 nitrogen and oxygen atoms in total. The van der Waals surface area contributed by atoms with Gasteiger partial charge in [-0.1, -0.05) is 42.5 Å². The molecule has 27 heavy (non-hydrogen) atoms. The highest BCUT2D eigenvalue weighted by Gasteiger charge is 2.53. The monoisotopic (exact) mass is 359 g/mol. The molecule has 1 aliphatic heterocycles. The fourth-order valence-electron chi connectivity index (χ4n) is 4.51. The van der Waals surface area contributed by atoms with E-state index in [1.807, 2.05) is 18.2 Å². The molecule has 5 heteroatoms. The Bertz CT molecular complexity index is 1180. The summed E-state index contributed by atoms with van der Waals surface area (Å²) in [6, 6.07) is 15.4. The van der Waals surface area contributed by atoms with Crippen LogP contribution < -0.4 is 11.4 Å². The van der Waals surface area contributed by atoms with Crippen molar-refractivity contribution in [3.63, 3.8) is 0 Å². The quantitative estimate of drug-likeness (QED) is 0.706. The second kappa shape index (κ2) is 5.46. The number of para-hydroxylation sites is 1. The van der Waals surface area contributed by atoms with Crippen molar-refractivity contribution in [3.05, 3.63) is 92.3 Å². The Balaban J connectivity index is 1.74. The molecule has 0 saturated heterocycles. The molecule has 1 spiro atoms. The van der Waals surface area contributed by atoms with E-state index in [1.54, 1.807) is 21.5 Å². The number of hydrogen-bond acceptors (Lipinski definition) is 2. The predicted octanol–water partition coefficient (Wildman–Crippen LogP) is 3.00. The van der Waals surface area contributed by atoms with Crippen LogP contribution in [0.15, 0.2) is 64.2 Å². The summed E-state index contributed by atoms with van der Waals surface area (Å²) in [4.78, 5) is 26.3. The van der Waals surface area contributed by atoms with Gasteiger partial charge in [0.1, 0.15) is 0 Å². The molecule has 2 heterocycles. The topological polar surface area (TPSA) is 48.9 Å². The average molecular weight is 359 g/mol. The van der Waals surface area contributed by atoms with Gasteiger partial charge in [-0.15, -0.1) is 0 Å². The molecule has 0 bridgehead atoms. The van der Waals surface area contributed by atoms with E-state index >= 15 is 0 Å². The zero-order chi connectivity index (χ0) is 18.8. The van der Waals surface area contributed by atoms with E-state index in [1.165, 1.54) is 26.8 Å². The van der Waals surface area contributed by atoms with Gasteiger partial charge < -0.3 is 0 Å². The first kappa shape index (κ1) is 16.1. The Hall–Kier alpha value is -3.08. The molecule has 1 aromatic heterocycles. The molecule has 1 fully saturated rings. The molecular formula is C22H21N3O2. The van der Waals surface area contributed by atoms with E-state index in [-0.39, 0.29) is 11.4 Å². The van der Waals surface area contributed by atoms with Gasteiger partial charge in [-0.2, -0.15) is 0 Å². The SMILES string of the molecule is Cc1cccc(C)c1C1=CCn2c(=O)n(-c3ccccc3)c(=O)n2C12CC2. The standard InChI is InChI=1S/C22H21N3O2/c1-15-7-6-8-16(2)19(15)18-11-14-23-20(26)24(17-9-4-3-5-10-17)21(27)25(23)22(18)12-13-22/h3-11H,12-14H2,1-2H3. The summed E-state index contributed by atoms with van der Waals surface area (Å²) in [7, 11) is 0. The summed E-state index contributed by atoms with van der Waals surface area (Å²) in [6.45, 7) is 4.64. The van der Waals surface area contributed by atoms with Gasteiger partial charge >= 0.3 is 11.4 Å². The number of benzene rings is 2. The normalized spacial score (nSPS) is 16.9. The minimum absolute atomic E-state index is 0.250. The Morgan fingerprint density at radius 3 is 2.15 bits per heavy atom. The van der Waals surface area contributed by atoms with Crippen LogP contribution in [0.1, 0.15) is 29.5 Å². The second-order valence-electron chi connectivity index (χ2n) is 7.55. The van der Waals surface area contributed by atoms with Crippen LogP contribution in [0.25, 0.3) is 11.3 Å². The summed E-state index contributed by atoms with van der Waals surface area (Å²) >= 11 is 0. The van der Waals surface area contributed by atoms with Crippen molar-refractivity contribution in [1.29, 1.82) is 0 Å². The van der Waals surface area contributed by atoms with Crippen molar-refractivity contribution in [3.8, 4) is 5.69 Å². The lowest BCUT2D eigenvalue weighted by Crippen LogP contribution is -2.39. The van der Waals surface area contributed by atoms with Crippen molar-refractivity contribution in [1.82, 2.24) is 13.9 Å². The lowest BCUT2D eigenvalue weighted by molar-refractivity contribution is 0.396. The van der Waals surface area contributed by atoms with E-state index in [4.69, 9.17) is 0 Å². The van der Waals surface area contributed by atoms with Gasteiger partial charge in [0.05, 0.1) is 17.8 Å². The fraction of sp³-hybridized carbons (Fsp3) is 0.273. The van der Waals surface area contributed by atoms with Crippen LogP contribution >= 0.6 is 0 Å². The highest BCUT2D eigenvalue weighted by atomic mass is 16.2. The maximum Gasteiger partial charge on any atom is 0.352 e. The van der Waals surface area contributed by atoms with Crippen molar-refractivity contribution >= 4 is 5.57 Å². The maximum atomic E-state index is 13.3. The van der Waals surface area contributed by atoms with Crippen molar-refractivity contribution in [2.24, 2.45) is 0 Å². The molecule has 2 aliphatic rings. The third kappa shape index (κ3) is 2.11. The number of aromatic nitrogens is 3. The molecular weight excluding hydrogens is 338 g/mol. The maximum absolute atomic E-state index is 13.3. The molecule has 1 saturated carbocycles. The van der Waals surface area contributed by atoms with Crippen LogP contribution in [-0.4, -0.2) is 13.9 Å². The first-order valence-corrected chi connectivity index (χ1v) is 9.32. The Morgan fingerprint density at radius 1 is 0.852 bits per heavy atom. The molecule has 136 valence electrons. The average Bonchev–Trinajstić information content (AvgIpc) is 3.38. The van der Waals surface area contributed by atoms with Gasteiger partial charge in [0.2, 0.25) is 0 Å². The summed E-state index contributed by atoms with van der Waals surface area (Å²) in [5.74, 6) is 0. The molecule has 0 amide bonds. The first-order chi connectivity index (χ1) is 13.0. The third-order valence-corrected chi connectivity index (χ3v) is 5.89. The number of allylic oxidation sites excluding steroid dienone is 2. The first-order valence-electron chi connectivity index (χ1n) is 9.32. The van der Waals surface area contributed by atoms with E-state index < -0.39 is 5.54 Å². The van der Waals surface area contributed by atoms with Gasteiger partial charge in [0, 0.05) is 0 Å². The van der Waals surface area contributed by atoms with Crippen molar-refractivity contribution in [2.75, 3.05) is 0 Å². The van der Waals surface area contributed by atoms with E-state index in [0.717, 1.165) is 12.8 Å². The van der Waals surface area contributed by atoms with Crippen LogP contribution in [0.2, 0.25) is 0 Å². The van der Waals surface area contributed by atoms with Gasteiger partial charge in [-0.25, -0.2) is 23.5 Å². The van der Waals surface area contributed by atoms with Crippen molar-refractivity contribution < 1.29 is 0 Å². The molecule has 5 rings (SSSR count). The predicted molar refractivity (Wildman–Crippen MR) is 105 cm³/mol. The Kier molecular flexibility index (Phi) is 3.26. The molecule has 2 aromatic carbocycles. The lowest BCUT2D eigenvalue weighted by atomic mass is 9.88. The molecule has 0 atom stereocenters. The molecule has 3 aromatic rings. The summed E-state index contributed by atoms with van der Waals surface area (Å²) in [6.07, 6.45) is 3.90. The number of rotatable bonds is 2. The summed E-state index contributed by atoms with van der Waals surface area (Å²) < 4.78 is 4.60. The minimum Gasteiger partial charge on any atom is -0.245 e. The van der Waals surface area contributed by atoms with Gasteiger partial charge in [0.15, 0.2) is 0 Å². The van der Waals surface area contributed by atoms with Crippen LogP contribution in [0.3, 0.4) is 0 Å². The van der Waals surface area contributed by atoms with E-state index in [2.05, 4.69) is 38.1 Å². The molecule has 0 unspecified atom stereocenters. The fourth-order valence-corrected chi connectivity index (χ4v) is 4.51. The largest absolute Gasteiger partial charge is 0.352 e. The minimum atomic E-state index is -0.397. The highest BCUT2D eigenvalue weighted by molar-refractivity contribution is 5.78. The zero-order valence-corrected chi connectivity index (χ0v) is 15.5. The molecule has 1 aliphatic carbocycles. The number of aryl methyl sites for hydroxylation is 2. The zero-order valence-electron chi connectivity index (χ0n) is 15.5. The Labute approximate surface area is 156 Å². The van der Waals surface area contributed by atoms with Gasteiger partial charge in [-0.05, 0) is 61.1 Å². The molecule has 0 N–H and O–H groups in total. The van der Waals surface area contributed by atoms with Crippen LogP contribution in [0.4, 0.5) is 0 Å².